The van der Waals surface area contributed by atoms with E-state index in [2.05, 4.69) is 21.2 Å². The molecule has 0 saturated heterocycles. The van der Waals surface area contributed by atoms with E-state index in [1.54, 1.807) is 48.5 Å². The van der Waals surface area contributed by atoms with Crippen LogP contribution in [0.15, 0.2) is 59.1 Å². The summed E-state index contributed by atoms with van der Waals surface area (Å²) in [6.07, 6.45) is 0. The van der Waals surface area contributed by atoms with Crippen LogP contribution in [0.3, 0.4) is 0 Å². The Labute approximate surface area is 158 Å². The topological polar surface area (TPSA) is 98.2 Å². The second kappa shape index (κ2) is 6.00. The minimum absolute atomic E-state index is 0.217. The number of hydrogen-bond acceptors (Lipinski definition) is 5. The van der Waals surface area contributed by atoms with E-state index in [4.69, 9.17) is 11.5 Å². The van der Waals surface area contributed by atoms with Crippen molar-refractivity contribution in [2.45, 2.75) is 0 Å². The molecule has 26 heavy (non-hydrogen) atoms. The molecule has 0 heterocycles. The van der Waals surface area contributed by atoms with Crippen LogP contribution >= 0.6 is 15.9 Å². The molecule has 6 heteroatoms. The van der Waals surface area contributed by atoms with E-state index in [1.165, 1.54) is 0 Å². The van der Waals surface area contributed by atoms with Crippen LogP contribution in [0.2, 0.25) is 0 Å². The fourth-order valence-electron chi connectivity index (χ4n) is 3.16. The summed E-state index contributed by atoms with van der Waals surface area (Å²) in [4.78, 5) is 26.1. The molecule has 0 spiro atoms. The number of ketones is 2. The summed E-state index contributed by atoms with van der Waals surface area (Å²) >= 11 is 3.39. The van der Waals surface area contributed by atoms with Crippen LogP contribution < -0.4 is 16.8 Å². The smallest absolute Gasteiger partial charge is 0.196 e. The molecule has 1 aliphatic rings. The lowest BCUT2D eigenvalue weighted by Crippen LogP contribution is -2.23. The lowest BCUT2D eigenvalue weighted by atomic mass is 9.82. The maximum absolute atomic E-state index is 13.1. The molecule has 128 valence electrons. The van der Waals surface area contributed by atoms with Crippen LogP contribution in [-0.2, 0) is 0 Å². The molecular formula is C20H14BrN3O2. The Kier molecular flexibility index (Phi) is 3.77. The van der Waals surface area contributed by atoms with Gasteiger partial charge >= 0.3 is 0 Å². The van der Waals surface area contributed by atoms with Crippen LogP contribution in [-0.4, -0.2) is 11.6 Å². The Hall–Kier alpha value is -3.12. The first-order valence-electron chi connectivity index (χ1n) is 7.90. The van der Waals surface area contributed by atoms with E-state index in [1.807, 2.05) is 6.07 Å². The number of halogens is 1. The standard InChI is InChI=1S/C20H14BrN3O2/c21-14-9-15(24-11-5-3-4-10(22)8-11)16-17(18(14)23)20(26)13-7-2-1-6-12(13)19(16)25/h1-9,24H,22-23H2. The Morgan fingerprint density at radius 2 is 1.46 bits per heavy atom. The summed E-state index contributed by atoms with van der Waals surface area (Å²) in [6.45, 7) is 0. The van der Waals surface area contributed by atoms with Crippen molar-refractivity contribution >= 4 is 50.2 Å². The molecule has 0 bridgehead atoms. The second-order valence-corrected chi connectivity index (χ2v) is 6.88. The minimum atomic E-state index is -0.260. The summed E-state index contributed by atoms with van der Waals surface area (Å²) in [7, 11) is 0. The van der Waals surface area contributed by atoms with Gasteiger partial charge in [0.1, 0.15) is 0 Å². The number of nitrogen functional groups attached to an aromatic ring is 2. The number of nitrogens with one attached hydrogen (secondary N) is 1. The Morgan fingerprint density at radius 3 is 2.12 bits per heavy atom. The predicted octanol–water partition coefficient (Wildman–Crippen LogP) is 4.13. The molecule has 0 fully saturated rings. The Bertz CT molecular complexity index is 1090. The number of fused-ring (bicyclic) bond motifs is 2. The first-order valence-corrected chi connectivity index (χ1v) is 8.69. The molecule has 3 aromatic rings. The number of anilines is 4. The third-order valence-electron chi connectivity index (χ3n) is 4.35. The number of carbonyl (C=O) groups is 2. The van der Waals surface area contributed by atoms with Crippen molar-refractivity contribution in [3.05, 3.63) is 81.3 Å². The second-order valence-electron chi connectivity index (χ2n) is 6.02. The quantitative estimate of drug-likeness (QED) is 0.433. The monoisotopic (exact) mass is 407 g/mol. The van der Waals surface area contributed by atoms with Gasteiger partial charge in [0.25, 0.3) is 0 Å². The fourth-order valence-corrected chi connectivity index (χ4v) is 3.58. The van der Waals surface area contributed by atoms with Crippen molar-refractivity contribution in [1.29, 1.82) is 0 Å². The summed E-state index contributed by atoms with van der Waals surface area (Å²) in [5.41, 5.74) is 15.2. The van der Waals surface area contributed by atoms with E-state index in [0.29, 0.717) is 32.7 Å². The van der Waals surface area contributed by atoms with Crippen molar-refractivity contribution in [1.82, 2.24) is 0 Å². The zero-order chi connectivity index (χ0) is 18.4. The first kappa shape index (κ1) is 16.4. The van der Waals surface area contributed by atoms with E-state index in [-0.39, 0.29) is 28.4 Å². The maximum Gasteiger partial charge on any atom is 0.196 e. The van der Waals surface area contributed by atoms with Gasteiger partial charge in [-0.15, -0.1) is 0 Å². The highest BCUT2D eigenvalue weighted by molar-refractivity contribution is 9.10. The SMILES string of the molecule is Nc1cccc(Nc2cc(Br)c(N)c3c2C(=O)c2ccccc2C3=O)c1. The molecule has 1 aliphatic carbocycles. The summed E-state index contributed by atoms with van der Waals surface area (Å²) < 4.78 is 0.545. The predicted molar refractivity (Wildman–Crippen MR) is 106 cm³/mol. The lowest BCUT2D eigenvalue weighted by molar-refractivity contribution is 0.0980. The first-order chi connectivity index (χ1) is 12.5. The van der Waals surface area contributed by atoms with Gasteiger partial charge in [0.2, 0.25) is 0 Å². The average molecular weight is 408 g/mol. The van der Waals surface area contributed by atoms with E-state index in [0.717, 1.165) is 0 Å². The van der Waals surface area contributed by atoms with E-state index in [9.17, 15) is 9.59 Å². The summed E-state index contributed by atoms with van der Waals surface area (Å²) in [6, 6.07) is 15.6. The van der Waals surface area contributed by atoms with Gasteiger partial charge in [0, 0.05) is 27.0 Å². The minimum Gasteiger partial charge on any atom is -0.399 e. The highest BCUT2D eigenvalue weighted by Gasteiger charge is 2.34. The van der Waals surface area contributed by atoms with Gasteiger partial charge in [-0.3, -0.25) is 9.59 Å². The van der Waals surface area contributed by atoms with Gasteiger partial charge in [-0.2, -0.15) is 0 Å². The van der Waals surface area contributed by atoms with E-state index < -0.39 is 0 Å². The van der Waals surface area contributed by atoms with Gasteiger partial charge in [-0.1, -0.05) is 30.3 Å². The van der Waals surface area contributed by atoms with Crippen molar-refractivity contribution in [2.75, 3.05) is 16.8 Å². The normalized spacial score (nSPS) is 12.5. The largest absolute Gasteiger partial charge is 0.399 e. The number of nitrogens with two attached hydrogens (primary N) is 2. The molecule has 5 N–H and O–H groups in total. The van der Waals surface area contributed by atoms with Crippen molar-refractivity contribution < 1.29 is 9.59 Å². The number of benzene rings is 3. The maximum atomic E-state index is 13.1. The van der Waals surface area contributed by atoms with Gasteiger partial charge in [-0.05, 0) is 40.2 Å². The molecule has 4 rings (SSSR count). The third kappa shape index (κ3) is 2.46. The Balaban J connectivity index is 1.94. The summed E-state index contributed by atoms with van der Waals surface area (Å²) in [5, 5.41) is 3.18. The van der Waals surface area contributed by atoms with Gasteiger partial charge in [0.15, 0.2) is 11.6 Å². The van der Waals surface area contributed by atoms with Gasteiger partial charge < -0.3 is 16.8 Å². The van der Waals surface area contributed by atoms with Crippen molar-refractivity contribution in [3.8, 4) is 0 Å². The molecular weight excluding hydrogens is 394 g/mol. The summed E-state index contributed by atoms with van der Waals surface area (Å²) in [5.74, 6) is -0.495. The van der Waals surface area contributed by atoms with Crippen molar-refractivity contribution in [3.63, 3.8) is 0 Å². The molecule has 5 nitrogen and oxygen atoms in total. The zero-order valence-electron chi connectivity index (χ0n) is 13.5. The number of carbonyl (C=O) groups excluding carboxylic acids is 2. The molecule has 0 atom stereocenters. The molecule has 0 aliphatic heterocycles. The highest BCUT2D eigenvalue weighted by Crippen LogP contribution is 2.40. The van der Waals surface area contributed by atoms with Crippen LogP contribution in [0.5, 0.6) is 0 Å². The molecule has 3 aromatic carbocycles. The van der Waals surface area contributed by atoms with Crippen LogP contribution in [0, 0.1) is 0 Å². The molecule has 0 radical (unpaired) electrons. The Morgan fingerprint density at radius 1 is 0.808 bits per heavy atom. The van der Waals surface area contributed by atoms with E-state index >= 15 is 0 Å². The highest BCUT2D eigenvalue weighted by atomic mass is 79.9. The van der Waals surface area contributed by atoms with Gasteiger partial charge in [0.05, 0.1) is 22.5 Å². The average Bonchev–Trinajstić information content (AvgIpc) is 2.62. The third-order valence-corrected chi connectivity index (χ3v) is 5.01. The van der Waals surface area contributed by atoms with Crippen LogP contribution in [0.25, 0.3) is 0 Å². The molecule has 0 aromatic heterocycles. The molecule has 0 amide bonds. The van der Waals surface area contributed by atoms with Crippen LogP contribution in [0.4, 0.5) is 22.7 Å². The lowest BCUT2D eigenvalue weighted by Gasteiger charge is -2.23. The van der Waals surface area contributed by atoms with Gasteiger partial charge in [-0.25, -0.2) is 0 Å². The zero-order valence-corrected chi connectivity index (χ0v) is 15.1. The fraction of sp³-hybridized carbons (Fsp3) is 0. The number of rotatable bonds is 2. The van der Waals surface area contributed by atoms with Crippen molar-refractivity contribution in [2.24, 2.45) is 0 Å². The molecule has 0 unspecified atom stereocenters. The van der Waals surface area contributed by atoms with Crippen LogP contribution in [0.1, 0.15) is 31.8 Å². The number of hydrogen-bond donors (Lipinski definition) is 3. The molecule has 0 saturated carbocycles.